The van der Waals surface area contributed by atoms with Crippen LogP contribution in [0.3, 0.4) is 0 Å². The normalized spacial score (nSPS) is 9.88. The van der Waals surface area contributed by atoms with Crippen LogP contribution in [0.5, 0.6) is 0 Å². The van der Waals surface area contributed by atoms with Gasteiger partial charge in [0.05, 0.1) is 25.1 Å². The Hall–Kier alpha value is -2.42. The number of nitrogens with zero attached hydrogens (tertiary/aromatic N) is 5. The Kier molecular flexibility index (Phi) is 3.31. The maximum absolute atomic E-state index is 8.57. The molecule has 17 heavy (non-hydrogen) atoms. The third-order valence-electron chi connectivity index (χ3n) is 2.18. The first-order valence-electron chi connectivity index (χ1n) is 5.23. The van der Waals surface area contributed by atoms with Crippen molar-refractivity contribution in [1.82, 2.24) is 19.7 Å². The van der Waals surface area contributed by atoms with Crippen molar-refractivity contribution in [2.75, 3.05) is 11.9 Å². The highest BCUT2D eigenvalue weighted by Gasteiger charge is 1.97. The Bertz CT molecular complexity index is 522. The lowest BCUT2D eigenvalue weighted by Crippen LogP contribution is -2.11. The van der Waals surface area contributed by atoms with Crippen molar-refractivity contribution >= 4 is 5.82 Å². The Balaban J connectivity index is 1.84. The summed E-state index contributed by atoms with van der Waals surface area (Å²) in [7, 11) is 0. The van der Waals surface area contributed by atoms with E-state index in [9.17, 15) is 0 Å². The molecule has 2 aromatic heterocycles. The summed E-state index contributed by atoms with van der Waals surface area (Å²) in [5.41, 5.74) is 1.46. The highest BCUT2D eigenvalue weighted by Crippen LogP contribution is 2.00. The molecule has 0 unspecified atom stereocenters. The molecule has 2 rings (SSSR count). The van der Waals surface area contributed by atoms with Crippen LogP contribution in [-0.4, -0.2) is 26.3 Å². The van der Waals surface area contributed by atoms with Crippen molar-refractivity contribution in [3.05, 3.63) is 36.0 Å². The van der Waals surface area contributed by atoms with Crippen molar-refractivity contribution in [2.45, 2.75) is 13.5 Å². The molecule has 0 saturated heterocycles. The predicted molar refractivity (Wildman–Crippen MR) is 62.2 cm³/mol. The SMILES string of the molecule is Cc1cnn(CCNc2cnc(C#N)cn2)c1. The molecule has 0 saturated carbocycles. The minimum atomic E-state index is 0.318. The smallest absolute Gasteiger partial charge is 0.158 e. The maximum Gasteiger partial charge on any atom is 0.158 e. The molecule has 0 atom stereocenters. The van der Waals surface area contributed by atoms with Crippen molar-refractivity contribution in [3.8, 4) is 6.07 Å². The van der Waals surface area contributed by atoms with Crippen LogP contribution in [-0.2, 0) is 6.54 Å². The summed E-state index contributed by atoms with van der Waals surface area (Å²) < 4.78 is 1.86. The number of hydrogen-bond donors (Lipinski definition) is 1. The van der Waals surface area contributed by atoms with Gasteiger partial charge in [0.15, 0.2) is 5.69 Å². The molecule has 2 heterocycles. The highest BCUT2D eigenvalue weighted by atomic mass is 15.3. The lowest BCUT2D eigenvalue weighted by atomic mass is 10.4. The largest absolute Gasteiger partial charge is 0.367 e. The number of hydrogen-bond acceptors (Lipinski definition) is 5. The quantitative estimate of drug-likeness (QED) is 0.843. The average molecular weight is 228 g/mol. The number of nitriles is 1. The van der Waals surface area contributed by atoms with Crippen LogP contribution in [0.1, 0.15) is 11.3 Å². The van der Waals surface area contributed by atoms with Crippen molar-refractivity contribution in [3.63, 3.8) is 0 Å². The molecule has 0 aliphatic rings. The molecule has 0 fully saturated rings. The van der Waals surface area contributed by atoms with E-state index in [1.807, 2.05) is 30.1 Å². The molecule has 6 heteroatoms. The van der Waals surface area contributed by atoms with E-state index in [4.69, 9.17) is 5.26 Å². The van der Waals surface area contributed by atoms with Crippen molar-refractivity contribution in [2.24, 2.45) is 0 Å². The monoisotopic (exact) mass is 228 g/mol. The van der Waals surface area contributed by atoms with Gasteiger partial charge in [-0.15, -0.1) is 0 Å². The van der Waals surface area contributed by atoms with Crippen LogP contribution in [0.2, 0.25) is 0 Å². The molecule has 0 aromatic carbocycles. The number of aryl methyl sites for hydroxylation is 1. The van der Waals surface area contributed by atoms with Gasteiger partial charge in [-0.3, -0.25) is 4.68 Å². The molecule has 0 aliphatic carbocycles. The number of nitrogens with one attached hydrogen (secondary N) is 1. The lowest BCUT2D eigenvalue weighted by Gasteiger charge is -2.04. The molecular formula is C11H12N6. The second-order valence-electron chi connectivity index (χ2n) is 3.61. The minimum Gasteiger partial charge on any atom is -0.367 e. The number of aromatic nitrogens is 4. The summed E-state index contributed by atoms with van der Waals surface area (Å²) >= 11 is 0. The van der Waals surface area contributed by atoms with E-state index in [-0.39, 0.29) is 0 Å². The fraction of sp³-hybridized carbons (Fsp3) is 0.273. The van der Waals surface area contributed by atoms with Crippen molar-refractivity contribution in [1.29, 1.82) is 5.26 Å². The van der Waals surface area contributed by atoms with Gasteiger partial charge < -0.3 is 5.32 Å². The molecule has 0 bridgehead atoms. The van der Waals surface area contributed by atoms with Gasteiger partial charge in [0.25, 0.3) is 0 Å². The van der Waals surface area contributed by atoms with Gasteiger partial charge in [0.1, 0.15) is 11.9 Å². The first kappa shape index (κ1) is 11.1. The summed E-state index contributed by atoms with van der Waals surface area (Å²) in [6.45, 7) is 3.47. The zero-order valence-corrected chi connectivity index (χ0v) is 9.46. The number of rotatable bonds is 4. The van der Waals surface area contributed by atoms with Gasteiger partial charge >= 0.3 is 0 Å². The molecule has 0 aliphatic heterocycles. The van der Waals surface area contributed by atoms with Crippen LogP contribution in [0.15, 0.2) is 24.8 Å². The van der Waals surface area contributed by atoms with Crippen molar-refractivity contribution < 1.29 is 0 Å². The van der Waals surface area contributed by atoms with E-state index in [2.05, 4.69) is 20.4 Å². The molecular weight excluding hydrogens is 216 g/mol. The Morgan fingerprint density at radius 1 is 1.35 bits per heavy atom. The second kappa shape index (κ2) is 5.07. The Labute approximate surface area is 98.9 Å². The molecule has 0 radical (unpaired) electrons. The predicted octanol–water partition coefficient (Wildman–Crippen LogP) is 0.965. The van der Waals surface area contributed by atoms with Crippen LogP contribution >= 0.6 is 0 Å². The number of anilines is 1. The summed E-state index contributed by atoms with van der Waals surface area (Å²) in [5.74, 6) is 0.660. The fourth-order valence-corrected chi connectivity index (χ4v) is 1.36. The lowest BCUT2D eigenvalue weighted by molar-refractivity contribution is 0.636. The summed E-state index contributed by atoms with van der Waals surface area (Å²) in [6.07, 6.45) is 6.79. The first-order valence-corrected chi connectivity index (χ1v) is 5.23. The second-order valence-corrected chi connectivity index (χ2v) is 3.61. The average Bonchev–Trinajstić information content (AvgIpc) is 2.76. The third-order valence-corrected chi connectivity index (χ3v) is 2.18. The van der Waals surface area contributed by atoms with E-state index in [1.54, 1.807) is 6.20 Å². The summed E-state index contributed by atoms with van der Waals surface area (Å²) in [5, 5.41) is 15.9. The summed E-state index contributed by atoms with van der Waals surface area (Å²) in [6, 6.07) is 1.92. The molecule has 0 amide bonds. The maximum atomic E-state index is 8.57. The van der Waals surface area contributed by atoms with Crippen LogP contribution in [0.4, 0.5) is 5.82 Å². The standard InChI is InChI=1S/C11H12N6/c1-9-5-16-17(8-9)3-2-13-11-7-14-10(4-12)6-15-11/h5-8H,2-3H2,1H3,(H,13,15). The van der Waals surface area contributed by atoms with Gasteiger partial charge in [-0.2, -0.15) is 10.4 Å². The molecule has 2 aromatic rings. The van der Waals surface area contributed by atoms with Gasteiger partial charge in [-0.1, -0.05) is 0 Å². The van der Waals surface area contributed by atoms with E-state index >= 15 is 0 Å². The highest BCUT2D eigenvalue weighted by molar-refractivity contribution is 5.32. The van der Waals surface area contributed by atoms with E-state index < -0.39 is 0 Å². The van der Waals surface area contributed by atoms with Gasteiger partial charge in [-0.05, 0) is 12.5 Å². The topological polar surface area (TPSA) is 79.4 Å². The summed E-state index contributed by atoms with van der Waals surface area (Å²) in [4.78, 5) is 7.98. The molecule has 86 valence electrons. The minimum absolute atomic E-state index is 0.318. The third kappa shape index (κ3) is 3.01. The molecule has 6 nitrogen and oxygen atoms in total. The molecule has 0 spiro atoms. The van der Waals surface area contributed by atoms with Gasteiger partial charge in [-0.25, -0.2) is 9.97 Å². The van der Waals surface area contributed by atoms with E-state index in [0.717, 1.165) is 12.1 Å². The Morgan fingerprint density at radius 2 is 2.24 bits per heavy atom. The zero-order chi connectivity index (χ0) is 12.1. The zero-order valence-electron chi connectivity index (χ0n) is 9.46. The van der Waals surface area contributed by atoms with Crippen LogP contribution < -0.4 is 5.32 Å². The van der Waals surface area contributed by atoms with Crippen LogP contribution in [0, 0.1) is 18.3 Å². The Morgan fingerprint density at radius 3 is 2.82 bits per heavy atom. The van der Waals surface area contributed by atoms with E-state index in [1.165, 1.54) is 6.20 Å². The fourth-order valence-electron chi connectivity index (χ4n) is 1.36. The van der Waals surface area contributed by atoms with Gasteiger partial charge in [0, 0.05) is 12.7 Å². The van der Waals surface area contributed by atoms with Gasteiger partial charge in [0.2, 0.25) is 0 Å². The van der Waals surface area contributed by atoms with E-state index in [0.29, 0.717) is 18.1 Å². The first-order chi connectivity index (χ1) is 8.28. The molecule has 1 N–H and O–H groups in total. The van der Waals surface area contributed by atoms with Crippen LogP contribution in [0.25, 0.3) is 0 Å².